The van der Waals surface area contributed by atoms with Gasteiger partial charge < -0.3 is 4.74 Å². The molecule has 0 saturated carbocycles. The van der Waals surface area contributed by atoms with E-state index in [0.717, 1.165) is 16.9 Å². The molecule has 0 amide bonds. The molecule has 100 valence electrons. The van der Waals surface area contributed by atoms with Crippen LogP contribution in [0.25, 0.3) is 0 Å². The van der Waals surface area contributed by atoms with E-state index in [2.05, 4.69) is 0 Å². The maximum absolute atomic E-state index is 11.9. The van der Waals surface area contributed by atoms with Gasteiger partial charge in [-0.1, -0.05) is 40.9 Å². The number of rotatable bonds is 4. The van der Waals surface area contributed by atoms with E-state index >= 15 is 0 Å². The van der Waals surface area contributed by atoms with Crippen LogP contribution in [0.15, 0.2) is 24.3 Å². The van der Waals surface area contributed by atoms with Crippen LogP contribution in [-0.4, -0.2) is 12.4 Å². The molecule has 0 N–H and O–H groups in total. The monoisotopic (exact) mass is 334 g/mol. The van der Waals surface area contributed by atoms with E-state index in [0.29, 0.717) is 25.0 Å². The molecule has 1 aromatic carbocycles. The first kappa shape index (κ1) is 14.7. The number of hydrogen-bond acceptors (Lipinski definition) is 3. The summed E-state index contributed by atoms with van der Waals surface area (Å²) in [5.41, 5.74) is 1.40. The number of ether oxygens (including phenoxy) is 1. The van der Waals surface area contributed by atoms with Crippen LogP contribution in [0, 0.1) is 6.92 Å². The lowest BCUT2D eigenvalue weighted by Gasteiger charge is -2.07. The summed E-state index contributed by atoms with van der Waals surface area (Å²) in [6, 6.07) is 6.90. The van der Waals surface area contributed by atoms with Gasteiger partial charge >= 0.3 is 0 Å². The van der Waals surface area contributed by atoms with Crippen LogP contribution >= 0.6 is 46.1 Å². The van der Waals surface area contributed by atoms with Crippen molar-refractivity contribution in [3.8, 4) is 5.75 Å². The van der Waals surface area contributed by atoms with Gasteiger partial charge in [0.15, 0.2) is 6.61 Å². The van der Waals surface area contributed by atoms with Crippen molar-refractivity contribution in [1.82, 2.24) is 0 Å². The highest BCUT2D eigenvalue weighted by molar-refractivity contribution is 7.20. The normalized spacial score (nSPS) is 10.5. The van der Waals surface area contributed by atoms with Crippen molar-refractivity contribution in [3.63, 3.8) is 0 Å². The number of carbonyl (C=O) groups excluding carboxylic acids is 1. The number of halogens is 3. The van der Waals surface area contributed by atoms with Crippen LogP contribution in [0.5, 0.6) is 5.75 Å². The first-order chi connectivity index (χ1) is 8.97. The van der Waals surface area contributed by atoms with Crippen LogP contribution in [-0.2, 0) is 0 Å². The maximum Gasteiger partial charge on any atom is 0.202 e. The molecule has 0 bridgehead atoms. The largest absolute Gasteiger partial charge is 0.484 e. The zero-order chi connectivity index (χ0) is 14.0. The molecule has 6 heteroatoms. The molecule has 2 aromatic rings. The van der Waals surface area contributed by atoms with Crippen molar-refractivity contribution in [2.75, 3.05) is 6.61 Å². The minimum Gasteiger partial charge on any atom is -0.484 e. The predicted molar refractivity (Wildman–Crippen MR) is 80.4 cm³/mol. The first-order valence-electron chi connectivity index (χ1n) is 5.34. The Kier molecular flexibility index (Phi) is 4.74. The molecule has 0 atom stereocenters. The fourth-order valence-corrected chi connectivity index (χ4v) is 3.26. The topological polar surface area (TPSA) is 26.3 Å². The average Bonchev–Trinajstić information content (AvgIpc) is 2.67. The third kappa shape index (κ3) is 3.63. The fourth-order valence-electron chi connectivity index (χ4n) is 1.47. The zero-order valence-corrected chi connectivity index (χ0v) is 13.0. The van der Waals surface area contributed by atoms with Crippen LogP contribution in [0.4, 0.5) is 0 Å². The molecule has 2 nitrogen and oxygen atoms in total. The molecular weight excluding hydrogens is 327 g/mol. The fraction of sp³-hybridized carbons (Fsp3) is 0.154. The van der Waals surface area contributed by atoms with Gasteiger partial charge in [0.2, 0.25) is 5.78 Å². The van der Waals surface area contributed by atoms with Gasteiger partial charge in [-0.3, -0.25) is 4.79 Å². The molecule has 19 heavy (non-hydrogen) atoms. The highest BCUT2D eigenvalue weighted by atomic mass is 35.5. The number of benzene rings is 1. The van der Waals surface area contributed by atoms with Gasteiger partial charge in [-0.25, -0.2) is 0 Å². The van der Waals surface area contributed by atoms with E-state index in [1.807, 2.05) is 13.0 Å². The molecule has 0 radical (unpaired) electrons. The lowest BCUT2D eigenvalue weighted by Crippen LogP contribution is -2.11. The molecule has 0 aliphatic heterocycles. The van der Waals surface area contributed by atoms with Crippen molar-refractivity contribution in [1.29, 1.82) is 0 Å². The van der Waals surface area contributed by atoms with Crippen molar-refractivity contribution < 1.29 is 9.53 Å². The van der Waals surface area contributed by atoms with E-state index in [1.54, 1.807) is 12.1 Å². The summed E-state index contributed by atoms with van der Waals surface area (Å²) in [5.74, 6) is 0.239. The van der Waals surface area contributed by atoms with Crippen LogP contribution < -0.4 is 4.74 Å². The van der Waals surface area contributed by atoms with E-state index in [4.69, 9.17) is 39.5 Å². The number of ketones is 1. The molecule has 2 rings (SSSR count). The Hall–Kier alpha value is -0.740. The zero-order valence-electron chi connectivity index (χ0n) is 9.88. The molecular formula is C13H9Cl3O2S. The van der Waals surface area contributed by atoms with Crippen LogP contribution in [0.3, 0.4) is 0 Å². The number of aryl methyl sites for hydroxylation is 1. The Morgan fingerprint density at radius 3 is 2.58 bits per heavy atom. The van der Waals surface area contributed by atoms with E-state index < -0.39 is 0 Å². The van der Waals surface area contributed by atoms with Crippen molar-refractivity contribution in [2.45, 2.75) is 6.92 Å². The third-order valence-corrected chi connectivity index (χ3v) is 4.19. The second kappa shape index (κ2) is 6.14. The van der Waals surface area contributed by atoms with Gasteiger partial charge in [-0.05, 0) is 30.7 Å². The summed E-state index contributed by atoms with van der Waals surface area (Å²) >= 11 is 18.9. The van der Waals surface area contributed by atoms with E-state index in [1.165, 1.54) is 6.07 Å². The first-order valence-corrected chi connectivity index (χ1v) is 7.29. The van der Waals surface area contributed by atoms with Gasteiger partial charge in [0.1, 0.15) is 10.1 Å². The summed E-state index contributed by atoms with van der Waals surface area (Å²) < 4.78 is 6.24. The summed E-state index contributed by atoms with van der Waals surface area (Å²) in [5, 5.41) is 0.474. The number of thiophene rings is 1. The Bertz CT molecular complexity index is 622. The number of carbonyl (C=O) groups is 1. The minimum atomic E-state index is -0.232. The molecule has 0 spiro atoms. The summed E-state index contributed by atoms with van der Waals surface area (Å²) in [6.45, 7) is 1.80. The SMILES string of the molecule is Cc1ccc(OCC(=O)c2cc(Cl)sc2Cl)c(Cl)c1. The second-order valence-electron chi connectivity index (χ2n) is 3.88. The van der Waals surface area contributed by atoms with Gasteiger partial charge in [-0.2, -0.15) is 0 Å². The highest BCUT2D eigenvalue weighted by Crippen LogP contribution is 2.32. The molecule has 1 heterocycles. The highest BCUT2D eigenvalue weighted by Gasteiger charge is 2.15. The number of Topliss-reactive ketones (excluding diaryl/α,β-unsaturated/α-hetero) is 1. The lowest BCUT2D eigenvalue weighted by molar-refractivity contribution is 0.0922. The van der Waals surface area contributed by atoms with Crippen molar-refractivity contribution in [2.24, 2.45) is 0 Å². The summed E-state index contributed by atoms with van der Waals surface area (Å²) in [6.07, 6.45) is 0. The van der Waals surface area contributed by atoms with Gasteiger partial charge in [-0.15, -0.1) is 11.3 Å². The molecule has 1 aromatic heterocycles. The molecule has 0 unspecified atom stereocenters. The Morgan fingerprint density at radius 2 is 2.00 bits per heavy atom. The van der Waals surface area contributed by atoms with Crippen LogP contribution in [0.1, 0.15) is 15.9 Å². The van der Waals surface area contributed by atoms with Gasteiger partial charge in [0.25, 0.3) is 0 Å². The standard InChI is InChI=1S/C13H9Cl3O2S/c1-7-2-3-11(9(14)4-7)18-6-10(17)8-5-12(15)19-13(8)16/h2-5H,6H2,1H3. The van der Waals surface area contributed by atoms with Crippen molar-refractivity contribution >= 4 is 51.9 Å². The van der Waals surface area contributed by atoms with Gasteiger partial charge in [0, 0.05) is 0 Å². The minimum absolute atomic E-state index is 0.129. The smallest absolute Gasteiger partial charge is 0.202 e. The summed E-state index contributed by atoms with van der Waals surface area (Å²) in [7, 11) is 0. The second-order valence-corrected chi connectivity index (χ2v) is 6.58. The summed E-state index contributed by atoms with van der Waals surface area (Å²) in [4.78, 5) is 11.9. The van der Waals surface area contributed by atoms with E-state index in [9.17, 15) is 4.79 Å². The quantitative estimate of drug-likeness (QED) is 0.711. The average molecular weight is 336 g/mol. The molecule has 0 aliphatic carbocycles. The number of hydrogen-bond donors (Lipinski definition) is 0. The Balaban J connectivity index is 2.06. The molecule has 0 fully saturated rings. The molecule has 0 saturated heterocycles. The van der Waals surface area contributed by atoms with Crippen molar-refractivity contribution in [3.05, 3.63) is 49.1 Å². The Labute approximate surface area is 129 Å². The third-order valence-electron chi connectivity index (χ3n) is 2.40. The predicted octanol–water partition coefficient (Wildman–Crippen LogP) is 5.28. The maximum atomic E-state index is 11.9. The lowest BCUT2D eigenvalue weighted by atomic mass is 10.2. The van der Waals surface area contributed by atoms with Gasteiger partial charge in [0.05, 0.1) is 14.9 Å². The van der Waals surface area contributed by atoms with Crippen LogP contribution in [0.2, 0.25) is 13.7 Å². The van der Waals surface area contributed by atoms with E-state index in [-0.39, 0.29) is 12.4 Å². The molecule has 0 aliphatic rings. The Morgan fingerprint density at radius 1 is 1.26 bits per heavy atom.